The first kappa shape index (κ1) is 14.5. The highest BCUT2D eigenvalue weighted by Crippen LogP contribution is 2.19. The zero-order valence-corrected chi connectivity index (χ0v) is 11.2. The van der Waals surface area contributed by atoms with E-state index in [0.717, 1.165) is 12.0 Å². The average molecular weight is 250 g/mol. The van der Waals surface area contributed by atoms with Crippen molar-refractivity contribution in [3.63, 3.8) is 0 Å². The standard InChI is InChI=1S/C14H22N2O2/c1-4-13(11-5-7-12(17)8-6-11)15-9-14(18)16-10(2)3/h5-8,10,13,15,17H,4,9H2,1-3H3,(H,16,18). The van der Waals surface area contributed by atoms with Crippen molar-refractivity contribution in [3.05, 3.63) is 29.8 Å². The van der Waals surface area contributed by atoms with E-state index in [4.69, 9.17) is 0 Å². The average Bonchev–Trinajstić information content (AvgIpc) is 2.31. The van der Waals surface area contributed by atoms with Crippen LogP contribution in [-0.4, -0.2) is 23.6 Å². The first-order valence-corrected chi connectivity index (χ1v) is 6.34. The van der Waals surface area contributed by atoms with Crippen LogP contribution in [0.1, 0.15) is 38.8 Å². The molecule has 0 heterocycles. The van der Waals surface area contributed by atoms with Gasteiger partial charge in [0.05, 0.1) is 6.54 Å². The molecule has 1 atom stereocenters. The first-order chi connectivity index (χ1) is 8.52. The Bertz CT molecular complexity index is 374. The molecule has 1 aromatic rings. The molecule has 0 aliphatic heterocycles. The van der Waals surface area contributed by atoms with Crippen LogP contribution in [0.5, 0.6) is 5.75 Å². The maximum absolute atomic E-state index is 11.5. The van der Waals surface area contributed by atoms with Gasteiger partial charge >= 0.3 is 0 Å². The van der Waals surface area contributed by atoms with Gasteiger partial charge in [0.25, 0.3) is 0 Å². The minimum Gasteiger partial charge on any atom is -0.508 e. The van der Waals surface area contributed by atoms with Gasteiger partial charge in [-0.05, 0) is 38.0 Å². The quantitative estimate of drug-likeness (QED) is 0.723. The van der Waals surface area contributed by atoms with Crippen molar-refractivity contribution >= 4 is 5.91 Å². The van der Waals surface area contributed by atoms with Crippen LogP contribution in [0, 0.1) is 0 Å². The highest BCUT2D eigenvalue weighted by Gasteiger charge is 2.11. The van der Waals surface area contributed by atoms with Crippen molar-refractivity contribution in [2.75, 3.05) is 6.54 Å². The lowest BCUT2D eigenvalue weighted by molar-refractivity contribution is -0.120. The van der Waals surface area contributed by atoms with Crippen molar-refractivity contribution in [1.29, 1.82) is 0 Å². The zero-order valence-electron chi connectivity index (χ0n) is 11.2. The van der Waals surface area contributed by atoms with E-state index in [1.807, 2.05) is 26.0 Å². The highest BCUT2D eigenvalue weighted by molar-refractivity contribution is 5.78. The molecule has 1 amide bonds. The maximum Gasteiger partial charge on any atom is 0.234 e. The predicted octanol–water partition coefficient (Wildman–Crippen LogP) is 1.96. The number of hydrogen-bond donors (Lipinski definition) is 3. The van der Waals surface area contributed by atoms with E-state index in [1.54, 1.807) is 12.1 Å². The molecule has 4 heteroatoms. The number of benzene rings is 1. The number of nitrogens with one attached hydrogen (secondary N) is 2. The van der Waals surface area contributed by atoms with E-state index >= 15 is 0 Å². The van der Waals surface area contributed by atoms with Gasteiger partial charge in [0.2, 0.25) is 5.91 Å². The van der Waals surface area contributed by atoms with Gasteiger partial charge in [-0.1, -0.05) is 19.1 Å². The molecule has 0 aliphatic carbocycles. The molecule has 1 unspecified atom stereocenters. The van der Waals surface area contributed by atoms with Crippen molar-refractivity contribution in [2.45, 2.75) is 39.3 Å². The Hall–Kier alpha value is -1.55. The molecule has 4 nitrogen and oxygen atoms in total. The van der Waals surface area contributed by atoms with Gasteiger partial charge in [-0.25, -0.2) is 0 Å². The predicted molar refractivity (Wildman–Crippen MR) is 72.4 cm³/mol. The maximum atomic E-state index is 11.5. The van der Waals surface area contributed by atoms with E-state index in [-0.39, 0.29) is 23.7 Å². The lowest BCUT2D eigenvalue weighted by Crippen LogP contribution is -2.38. The Morgan fingerprint density at radius 1 is 1.28 bits per heavy atom. The lowest BCUT2D eigenvalue weighted by atomic mass is 10.0. The fourth-order valence-electron chi connectivity index (χ4n) is 1.79. The molecule has 1 rings (SSSR count). The number of hydrogen-bond acceptors (Lipinski definition) is 3. The fourth-order valence-corrected chi connectivity index (χ4v) is 1.79. The summed E-state index contributed by atoms with van der Waals surface area (Å²) in [6.07, 6.45) is 0.889. The largest absolute Gasteiger partial charge is 0.508 e. The number of aromatic hydroxyl groups is 1. The van der Waals surface area contributed by atoms with E-state index in [9.17, 15) is 9.90 Å². The molecule has 0 bridgehead atoms. The van der Waals surface area contributed by atoms with Crippen LogP contribution < -0.4 is 10.6 Å². The Morgan fingerprint density at radius 2 is 1.89 bits per heavy atom. The Morgan fingerprint density at radius 3 is 2.39 bits per heavy atom. The summed E-state index contributed by atoms with van der Waals surface area (Å²) in [6, 6.07) is 7.35. The van der Waals surface area contributed by atoms with Gasteiger partial charge in [-0.3, -0.25) is 4.79 Å². The van der Waals surface area contributed by atoms with Gasteiger partial charge in [-0.2, -0.15) is 0 Å². The summed E-state index contributed by atoms with van der Waals surface area (Å²) < 4.78 is 0. The molecule has 0 saturated carbocycles. The second-order valence-electron chi connectivity index (χ2n) is 4.66. The van der Waals surface area contributed by atoms with Crippen LogP contribution >= 0.6 is 0 Å². The van der Waals surface area contributed by atoms with Crippen LogP contribution in [0.3, 0.4) is 0 Å². The summed E-state index contributed by atoms with van der Waals surface area (Å²) in [5.74, 6) is 0.258. The van der Waals surface area contributed by atoms with Crippen molar-refractivity contribution < 1.29 is 9.90 Å². The second kappa shape index (κ2) is 7.01. The molecule has 1 aromatic carbocycles. The molecule has 0 saturated heterocycles. The molecule has 0 radical (unpaired) electrons. The third-order valence-electron chi connectivity index (χ3n) is 2.66. The smallest absolute Gasteiger partial charge is 0.234 e. The number of carbonyl (C=O) groups is 1. The zero-order chi connectivity index (χ0) is 13.5. The number of rotatable bonds is 6. The normalized spacial score (nSPS) is 12.4. The Labute approximate surface area is 108 Å². The minimum atomic E-state index is 0.00206. The minimum absolute atomic E-state index is 0.00206. The molecule has 100 valence electrons. The summed E-state index contributed by atoms with van der Waals surface area (Å²) in [5.41, 5.74) is 1.08. The molecule has 18 heavy (non-hydrogen) atoms. The SMILES string of the molecule is CCC(NCC(=O)NC(C)C)c1ccc(O)cc1. The monoisotopic (exact) mass is 250 g/mol. The van der Waals surface area contributed by atoms with Crippen molar-refractivity contribution in [2.24, 2.45) is 0 Å². The molecular formula is C14H22N2O2. The topological polar surface area (TPSA) is 61.4 Å². The number of phenolic OH excluding ortho intramolecular Hbond substituents is 1. The fraction of sp³-hybridized carbons (Fsp3) is 0.500. The lowest BCUT2D eigenvalue weighted by Gasteiger charge is -2.18. The van der Waals surface area contributed by atoms with Crippen LogP contribution in [0.4, 0.5) is 0 Å². The summed E-state index contributed by atoms with van der Waals surface area (Å²) in [4.78, 5) is 11.5. The highest BCUT2D eigenvalue weighted by atomic mass is 16.3. The molecule has 3 N–H and O–H groups in total. The molecular weight excluding hydrogens is 228 g/mol. The summed E-state index contributed by atoms with van der Waals surface area (Å²) in [6.45, 7) is 6.24. The van der Waals surface area contributed by atoms with Gasteiger partial charge in [0, 0.05) is 12.1 Å². The van der Waals surface area contributed by atoms with E-state index < -0.39 is 0 Å². The Balaban J connectivity index is 2.52. The van der Waals surface area contributed by atoms with E-state index in [1.165, 1.54) is 0 Å². The van der Waals surface area contributed by atoms with Crippen LogP contribution in [0.15, 0.2) is 24.3 Å². The second-order valence-corrected chi connectivity index (χ2v) is 4.66. The van der Waals surface area contributed by atoms with Gasteiger partial charge in [-0.15, -0.1) is 0 Å². The molecule has 0 spiro atoms. The third-order valence-corrected chi connectivity index (χ3v) is 2.66. The number of carbonyl (C=O) groups excluding carboxylic acids is 1. The summed E-state index contributed by atoms with van der Waals surface area (Å²) in [7, 11) is 0. The van der Waals surface area contributed by atoms with Crippen LogP contribution in [0.25, 0.3) is 0 Å². The van der Waals surface area contributed by atoms with E-state index in [0.29, 0.717) is 6.54 Å². The van der Waals surface area contributed by atoms with Crippen LogP contribution in [0.2, 0.25) is 0 Å². The summed E-state index contributed by atoms with van der Waals surface area (Å²) >= 11 is 0. The van der Waals surface area contributed by atoms with Crippen molar-refractivity contribution in [3.8, 4) is 5.75 Å². The molecule has 0 aromatic heterocycles. The third kappa shape index (κ3) is 4.75. The Kier molecular flexibility index (Phi) is 5.65. The molecule has 0 fully saturated rings. The number of amides is 1. The van der Waals surface area contributed by atoms with Crippen LogP contribution in [-0.2, 0) is 4.79 Å². The summed E-state index contributed by atoms with van der Waals surface area (Å²) in [5, 5.41) is 15.3. The number of phenols is 1. The molecule has 0 aliphatic rings. The first-order valence-electron chi connectivity index (χ1n) is 6.34. The van der Waals surface area contributed by atoms with Gasteiger partial charge in [0.1, 0.15) is 5.75 Å². The van der Waals surface area contributed by atoms with E-state index in [2.05, 4.69) is 17.6 Å². The van der Waals surface area contributed by atoms with Crippen molar-refractivity contribution in [1.82, 2.24) is 10.6 Å². The van der Waals surface area contributed by atoms with Gasteiger partial charge < -0.3 is 15.7 Å². The van der Waals surface area contributed by atoms with Gasteiger partial charge in [0.15, 0.2) is 0 Å².